The van der Waals surface area contributed by atoms with Gasteiger partial charge in [0.25, 0.3) is 0 Å². The van der Waals surface area contributed by atoms with Crippen LogP contribution in [-0.4, -0.2) is 0 Å². The van der Waals surface area contributed by atoms with Gasteiger partial charge in [-0.2, -0.15) is 0 Å². The molecule has 0 amide bonds. The maximum absolute atomic E-state index is 6.39. The molecule has 0 aliphatic heterocycles. The lowest BCUT2D eigenvalue weighted by molar-refractivity contribution is 0.881. The maximum Gasteiger partial charge on any atom is 0.0557 e. The minimum atomic E-state index is -0.136. The van der Waals surface area contributed by atoms with Crippen molar-refractivity contribution in [2.24, 2.45) is 5.73 Å². The third kappa shape index (κ3) is 2.80. The summed E-state index contributed by atoms with van der Waals surface area (Å²) in [7, 11) is 0. The molecule has 0 saturated carbocycles. The van der Waals surface area contributed by atoms with Crippen LogP contribution in [0, 0.1) is 0 Å². The maximum atomic E-state index is 6.39. The second kappa shape index (κ2) is 6.27. The van der Waals surface area contributed by atoms with Gasteiger partial charge in [0.15, 0.2) is 0 Å². The van der Waals surface area contributed by atoms with Gasteiger partial charge in [0.1, 0.15) is 0 Å². The number of hydrogen-bond acceptors (Lipinski definition) is 1. The van der Waals surface area contributed by atoms with Crippen molar-refractivity contribution in [2.45, 2.75) is 6.04 Å². The van der Waals surface area contributed by atoms with Gasteiger partial charge >= 0.3 is 0 Å². The van der Waals surface area contributed by atoms with Crippen molar-refractivity contribution in [3.63, 3.8) is 0 Å². The van der Waals surface area contributed by atoms with Crippen LogP contribution in [0.3, 0.4) is 0 Å². The second-order valence-corrected chi connectivity index (χ2v) is 5.03. The van der Waals surface area contributed by atoms with Crippen molar-refractivity contribution in [3.8, 4) is 0 Å². The van der Waals surface area contributed by atoms with Crippen LogP contribution in [0.5, 0.6) is 0 Å². The van der Waals surface area contributed by atoms with Crippen molar-refractivity contribution in [1.29, 1.82) is 0 Å². The van der Waals surface area contributed by atoms with Crippen LogP contribution in [0.2, 0.25) is 5.02 Å². The van der Waals surface area contributed by atoms with Gasteiger partial charge in [0.05, 0.1) is 6.04 Å². The van der Waals surface area contributed by atoms with E-state index < -0.39 is 0 Å². The van der Waals surface area contributed by atoms with Crippen LogP contribution >= 0.6 is 24.0 Å². The van der Waals surface area contributed by atoms with Crippen molar-refractivity contribution >= 4 is 34.8 Å². The average molecular weight is 304 g/mol. The zero-order valence-electron chi connectivity index (χ0n) is 10.8. The van der Waals surface area contributed by atoms with Crippen LogP contribution in [0.4, 0.5) is 0 Å². The highest BCUT2D eigenvalue weighted by molar-refractivity contribution is 6.30. The molecular formula is C17H15Cl2N. The van der Waals surface area contributed by atoms with Gasteiger partial charge in [-0.1, -0.05) is 66.2 Å². The van der Waals surface area contributed by atoms with Crippen LogP contribution in [-0.2, 0) is 0 Å². The van der Waals surface area contributed by atoms with Crippen LogP contribution in [0.1, 0.15) is 17.2 Å². The molecule has 0 heterocycles. The molecule has 102 valence electrons. The van der Waals surface area contributed by atoms with Crippen molar-refractivity contribution in [3.05, 3.63) is 82.9 Å². The van der Waals surface area contributed by atoms with E-state index in [0.29, 0.717) is 0 Å². The molecule has 3 rings (SSSR count). The zero-order chi connectivity index (χ0) is 13.2. The standard InChI is InChI=1S/C17H14ClN.ClH/c18-14-10-8-13(9-11-14)17(19)16-7-3-5-12-4-1-2-6-15(12)16;/h1-11,17H,19H2;1H. The molecule has 1 atom stereocenters. The Morgan fingerprint density at radius 3 is 2.20 bits per heavy atom. The van der Waals surface area contributed by atoms with Crippen LogP contribution in [0.15, 0.2) is 66.7 Å². The molecule has 0 saturated heterocycles. The summed E-state index contributed by atoms with van der Waals surface area (Å²) in [5, 5.41) is 3.14. The predicted molar refractivity (Wildman–Crippen MR) is 88.7 cm³/mol. The third-order valence-corrected chi connectivity index (χ3v) is 3.64. The highest BCUT2D eigenvalue weighted by Crippen LogP contribution is 2.27. The fraction of sp³-hybridized carbons (Fsp3) is 0.0588. The molecule has 0 aliphatic rings. The molecule has 0 bridgehead atoms. The highest BCUT2D eigenvalue weighted by Gasteiger charge is 2.11. The molecule has 20 heavy (non-hydrogen) atoms. The van der Waals surface area contributed by atoms with Gasteiger partial charge in [-0.3, -0.25) is 0 Å². The Morgan fingerprint density at radius 2 is 1.45 bits per heavy atom. The molecule has 1 unspecified atom stereocenters. The van der Waals surface area contributed by atoms with E-state index in [2.05, 4.69) is 24.3 Å². The number of nitrogens with two attached hydrogens (primary N) is 1. The fourth-order valence-electron chi connectivity index (χ4n) is 2.37. The summed E-state index contributed by atoms with van der Waals surface area (Å²) in [4.78, 5) is 0. The molecule has 0 aromatic heterocycles. The summed E-state index contributed by atoms with van der Waals surface area (Å²) in [6.07, 6.45) is 0. The molecular weight excluding hydrogens is 289 g/mol. The van der Waals surface area contributed by atoms with E-state index >= 15 is 0 Å². The SMILES string of the molecule is Cl.NC(c1ccc(Cl)cc1)c1cccc2ccccc12. The first-order valence-corrected chi connectivity index (χ1v) is 6.62. The predicted octanol–water partition coefficient (Wildman–Crippen LogP) is 4.96. The summed E-state index contributed by atoms with van der Waals surface area (Å²) in [6, 6.07) is 22.1. The Bertz CT molecular complexity index is 702. The lowest BCUT2D eigenvalue weighted by atomic mass is 9.94. The van der Waals surface area contributed by atoms with E-state index in [-0.39, 0.29) is 18.4 Å². The Kier molecular flexibility index (Phi) is 4.66. The summed E-state index contributed by atoms with van der Waals surface area (Å²) in [5.74, 6) is 0. The van der Waals surface area contributed by atoms with Crippen molar-refractivity contribution in [1.82, 2.24) is 0 Å². The summed E-state index contributed by atoms with van der Waals surface area (Å²) in [6.45, 7) is 0. The molecule has 1 nitrogen and oxygen atoms in total. The number of rotatable bonds is 2. The molecule has 0 fully saturated rings. The second-order valence-electron chi connectivity index (χ2n) is 4.60. The van der Waals surface area contributed by atoms with E-state index in [9.17, 15) is 0 Å². The quantitative estimate of drug-likeness (QED) is 0.711. The number of benzene rings is 3. The van der Waals surface area contributed by atoms with E-state index in [1.54, 1.807) is 0 Å². The van der Waals surface area contributed by atoms with Gasteiger partial charge in [-0.05, 0) is 34.0 Å². The summed E-state index contributed by atoms with van der Waals surface area (Å²) in [5.41, 5.74) is 8.60. The lowest BCUT2D eigenvalue weighted by Gasteiger charge is -2.15. The Labute approximate surface area is 129 Å². The number of fused-ring (bicyclic) bond motifs is 1. The first kappa shape index (κ1) is 14.9. The molecule has 0 aliphatic carbocycles. The van der Waals surface area contributed by atoms with Crippen LogP contribution < -0.4 is 5.73 Å². The average Bonchev–Trinajstić information content (AvgIpc) is 2.47. The molecule has 3 heteroatoms. The first-order valence-electron chi connectivity index (χ1n) is 6.24. The molecule has 2 N–H and O–H groups in total. The normalized spacial score (nSPS) is 11.9. The smallest absolute Gasteiger partial charge is 0.0557 e. The van der Waals surface area contributed by atoms with Gasteiger partial charge in [-0.25, -0.2) is 0 Å². The number of halogens is 2. The Morgan fingerprint density at radius 1 is 0.800 bits per heavy atom. The third-order valence-electron chi connectivity index (χ3n) is 3.39. The lowest BCUT2D eigenvalue weighted by Crippen LogP contribution is -2.12. The molecule has 3 aromatic rings. The fourth-order valence-corrected chi connectivity index (χ4v) is 2.50. The largest absolute Gasteiger partial charge is 0.320 e. The zero-order valence-corrected chi connectivity index (χ0v) is 12.4. The van der Waals surface area contributed by atoms with E-state index in [1.165, 1.54) is 10.8 Å². The van der Waals surface area contributed by atoms with Gasteiger partial charge < -0.3 is 5.73 Å². The van der Waals surface area contributed by atoms with E-state index in [4.69, 9.17) is 17.3 Å². The number of hydrogen-bond donors (Lipinski definition) is 1. The Balaban J connectivity index is 0.00000147. The summed E-state index contributed by atoms with van der Waals surface area (Å²) >= 11 is 5.92. The summed E-state index contributed by atoms with van der Waals surface area (Å²) < 4.78 is 0. The minimum absolute atomic E-state index is 0. The monoisotopic (exact) mass is 303 g/mol. The van der Waals surface area contributed by atoms with Gasteiger partial charge in [0.2, 0.25) is 0 Å². The highest BCUT2D eigenvalue weighted by atomic mass is 35.5. The first-order chi connectivity index (χ1) is 9.25. The van der Waals surface area contributed by atoms with Crippen molar-refractivity contribution in [2.75, 3.05) is 0 Å². The van der Waals surface area contributed by atoms with Gasteiger partial charge in [0, 0.05) is 5.02 Å². The molecule has 3 aromatic carbocycles. The van der Waals surface area contributed by atoms with Gasteiger partial charge in [-0.15, -0.1) is 12.4 Å². The topological polar surface area (TPSA) is 26.0 Å². The van der Waals surface area contributed by atoms with Crippen molar-refractivity contribution < 1.29 is 0 Å². The van der Waals surface area contributed by atoms with Crippen LogP contribution in [0.25, 0.3) is 10.8 Å². The molecule has 0 radical (unpaired) electrons. The van der Waals surface area contributed by atoms with E-state index in [1.807, 2.05) is 42.5 Å². The molecule has 0 spiro atoms. The minimum Gasteiger partial charge on any atom is -0.320 e. The Hall–Kier alpha value is -1.54. The van der Waals surface area contributed by atoms with E-state index in [0.717, 1.165) is 16.1 Å².